The average molecular weight is 326 g/mol. The van der Waals surface area contributed by atoms with E-state index in [1.807, 2.05) is 18.2 Å². The number of ether oxygens (including phenoxy) is 1. The van der Waals surface area contributed by atoms with Gasteiger partial charge in [0.05, 0.1) is 17.5 Å². The Morgan fingerprint density at radius 2 is 2.05 bits per heavy atom. The Hall–Kier alpha value is -1.27. The van der Waals surface area contributed by atoms with E-state index in [1.165, 1.54) is 6.26 Å². The standard InChI is InChI=1S/C16H26N2O3S/c1-16(2,22(4,19)20)12-17-13-9-10-18(11-13)14-7-5-6-8-15(14)21-3/h5-8,13,17H,9-12H2,1-4H3/t13-/m0/s1. The molecule has 0 aliphatic carbocycles. The molecule has 1 aromatic carbocycles. The number of para-hydroxylation sites is 2. The van der Waals surface area contributed by atoms with Crippen molar-refractivity contribution in [1.29, 1.82) is 0 Å². The first-order valence-electron chi connectivity index (χ1n) is 7.55. The number of anilines is 1. The minimum absolute atomic E-state index is 0.297. The molecule has 0 unspecified atom stereocenters. The maximum Gasteiger partial charge on any atom is 0.153 e. The highest BCUT2D eigenvalue weighted by atomic mass is 32.2. The van der Waals surface area contributed by atoms with Gasteiger partial charge in [-0.25, -0.2) is 8.42 Å². The Morgan fingerprint density at radius 3 is 2.68 bits per heavy atom. The monoisotopic (exact) mass is 326 g/mol. The normalized spacial score (nSPS) is 19.5. The van der Waals surface area contributed by atoms with Gasteiger partial charge in [0.2, 0.25) is 0 Å². The van der Waals surface area contributed by atoms with Gasteiger partial charge in [-0.1, -0.05) is 12.1 Å². The van der Waals surface area contributed by atoms with Gasteiger partial charge in [0.25, 0.3) is 0 Å². The van der Waals surface area contributed by atoms with Crippen LogP contribution in [-0.2, 0) is 9.84 Å². The minimum atomic E-state index is -3.07. The summed E-state index contributed by atoms with van der Waals surface area (Å²) in [6.07, 6.45) is 2.29. The fraction of sp³-hybridized carbons (Fsp3) is 0.625. The van der Waals surface area contributed by atoms with Gasteiger partial charge in [-0.2, -0.15) is 0 Å². The highest BCUT2D eigenvalue weighted by Gasteiger charge is 2.32. The predicted molar refractivity (Wildman–Crippen MR) is 90.5 cm³/mol. The molecule has 0 amide bonds. The van der Waals surface area contributed by atoms with E-state index >= 15 is 0 Å². The number of methoxy groups -OCH3 is 1. The van der Waals surface area contributed by atoms with Gasteiger partial charge in [0.15, 0.2) is 9.84 Å². The lowest BCUT2D eigenvalue weighted by Gasteiger charge is -2.26. The second-order valence-electron chi connectivity index (χ2n) is 6.52. The number of hydrogen-bond acceptors (Lipinski definition) is 5. The van der Waals surface area contributed by atoms with Crippen LogP contribution in [0.15, 0.2) is 24.3 Å². The summed E-state index contributed by atoms with van der Waals surface area (Å²) in [7, 11) is -1.39. The Morgan fingerprint density at radius 1 is 1.36 bits per heavy atom. The second-order valence-corrected chi connectivity index (χ2v) is 9.17. The van der Waals surface area contributed by atoms with E-state index in [0.29, 0.717) is 12.6 Å². The zero-order valence-electron chi connectivity index (χ0n) is 13.8. The molecule has 1 heterocycles. The fourth-order valence-corrected chi connectivity index (χ4v) is 2.90. The number of benzene rings is 1. The van der Waals surface area contributed by atoms with Crippen molar-refractivity contribution in [2.45, 2.75) is 31.1 Å². The van der Waals surface area contributed by atoms with Crippen LogP contribution in [0.5, 0.6) is 5.75 Å². The predicted octanol–water partition coefficient (Wildman–Crippen LogP) is 1.69. The summed E-state index contributed by atoms with van der Waals surface area (Å²) >= 11 is 0. The topological polar surface area (TPSA) is 58.6 Å². The molecule has 5 nitrogen and oxygen atoms in total. The molecule has 1 saturated heterocycles. The zero-order chi connectivity index (χ0) is 16.4. The summed E-state index contributed by atoms with van der Waals surface area (Å²) in [4.78, 5) is 2.28. The Balaban J connectivity index is 1.96. The van der Waals surface area contributed by atoms with E-state index in [9.17, 15) is 8.42 Å². The van der Waals surface area contributed by atoms with E-state index in [-0.39, 0.29) is 0 Å². The molecular weight excluding hydrogens is 300 g/mol. The van der Waals surface area contributed by atoms with Crippen molar-refractivity contribution in [3.05, 3.63) is 24.3 Å². The number of sulfone groups is 1. The molecule has 0 saturated carbocycles. The Kier molecular flexibility index (Phi) is 5.02. The van der Waals surface area contributed by atoms with Crippen LogP contribution in [0.4, 0.5) is 5.69 Å². The van der Waals surface area contributed by atoms with Crippen LogP contribution in [0.25, 0.3) is 0 Å². The van der Waals surface area contributed by atoms with Crippen LogP contribution in [0, 0.1) is 0 Å². The zero-order valence-corrected chi connectivity index (χ0v) is 14.6. The second kappa shape index (κ2) is 6.46. The molecule has 1 fully saturated rings. The molecule has 1 aromatic rings. The summed E-state index contributed by atoms with van der Waals surface area (Å²) in [6, 6.07) is 8.28. The van der Waals surface area contributed by atoms with Crippen molar-refractivity contribution >= 4 is 15.5 Å². The van der Waals surface area contributed by atoms with Gasteiger partial charge >= 0.3 is 0 Å². The van der Waals surface area contributed by atoms with Gasteiger partial charge in [0.1, 0.15) is 5.75 Å². The summed E-state index contributed by atoms with van der Waals surface area (Å²) in [5.74, 6) is 0.875. The van der Waals surface area contributed by atoms with E-state index in [0.717, 1.165) is 30.9 Å². The van der Waals surface area contributed by atoms with Crippen LogP contribution in [0.3, 0.4) is 0 Å². The first-order valence-corrected chi connectivity index (χ1v) is 9.45. The Bertz CT molecular complexity index is 614. The molecule has 124 valence electrons. The van der Waals surface area contributed by atoms with Crippen LogP contribution >= 0.6 is 0 Å². The van der Waals surface area contributed by atoms with Crippen LogP contribution in [0.2, 0.25) is 0 Å². The lowest BCUT2D eigenvalue weighted by molar-refractivity contribution is 0.414. The fourth-order valence-electron chi connectivity index (χ4n) is 2.56. The maximum absolute atomic E-state index is 11.8. The maximum atomic E-state index is 11.8. The van der Waals surface area contributed by atoms with Gasteiger partial charge in [-0.15, -0.1) is 0 Å². The lowest BCUT2D eigenvalue weighted by Crippen LogP contribution is -2.46. The van der Waals surface area contributed by atoms with Gasteiger partial charge in [0, 0.05) is 31.9 Å². The summed E-state index contributed by atoms with van der Waals surface area (Å²) in [5, 5.41) is 3.40. The van der Waals surface area contributed by atoms with Crippen molar-refractivity contribution in [1.82, 2.24) is 5.32 Å². The highest BCUT2D eigenvalue weighted by Crippen LogP contribution is 2.30. The summed E-state index contributed by atoms with van der Waals surface area (Å²) in [6.45, 7) is 5.80. The number of nitrogens with zero attached hydrogens (tertiary/aromatic N) is 1. The van der Waals surface area contributed by atoms with Crippen molar-refractivity contribution in [3.8, 4) is 5.75 Å². The molecule has 1 N–H and O–H groups in total. The minimum Gasteiger partial charge on any atom is -0.495 e. The first-order chi connectivity index (χ1) is 10.2. The quantitative estimate of drug-likeness (QED) is 0.862. The van der Waals surface area contributed by atoms with Crippen molar-refractivity contribution in [2.75, 3.05) is 37.9 Å². The molecule has 0 bridgehead atoms. The molecule has 1 atom stereocenters. The SMILES string of the molecule is COc1ccccc1N1CC[C@H](NCC(C)(C)S(C)(=O)=O)C1. The van der Waals surface area contributed by atoms with Gasteiger partial charge in [-0.3, -0.25) is 0 Å². The smallest absolute Gasteiger partial charge is 0.153 e. The van der Waals surface area contributed by atoms with Crippen molar-refractivity contribution in [2.24, 2.45) is 0 Å². The lowest BCUT2D eigenvalue weighted by atomic mass is 10.2. The molecule has 0 radical (unpaired) electrons. The molecule has 2 rings (SSSR count). The molecule has 1 aliphatic heterocycles. The average Bonchev–Trinajstić information content (AvgIpc) is 2.92. The first kappa shape index (κ1) is 17.1. The third-order valence-electron chi connectivity index (χ3n) is 4.43. The molecule has 0 aromatic heterocycles. The van der Waals surface area contributed by atoms with Crippen molar-refractivity contribution in [3.63, 3.8) is 0 Å². The molecule has 6 heteroatoms. The Labute approximate surface area is 133 Å². The van der Waals surface area contributed by atoms with E-state index in [2.05, 4.69) is 16.3 Å². The third-order valence-corrected chi connectivity index (χ3v) is 6.59. The van der Waals surface area contributed by atoms with Gasteiger partial charge < -0.3 is 15.0 Å². The van der Waals surface area contributed by atoms with Crippen LogP contribution in [-0.4, -0.2) is 52.2 Å². The largest absolute Gasteiger partial charge is 0.495 e. The number of nitrogens with one attached hydrogen (secondary N) is 1. The molecular formula is C16H26N2O3S. The number of rotatable bonds is 6. The number of hydrogen-bond donors (Lipinski definition) is 1. The summed E-state index contributed by atoms with van der Waals surface area (Å²) in [5.41, 5.74) is 1.09. The van der Waals surface area contributed by atoms with E-state index in [4.69, 9.17) is 4.74 Å². The third kappa shape index (κ3) is 3.73. The van der Waals surface area contributed by atoms with Crippen LogP contribution in [0.1, 0.15) is 20.3 Å². The molecule has 22 heavy (non-hydrogen) atoms. The van der Waals surface area contributed by atoms with Crippen molar-refractivity contribution < 1.29 is 13.2 Å². The molecule has 0 spiro atoms. The van der Waals surface area contributed by atoms with E-state index < -0.39 is 14.6 Å². The highest BCUT2D eigenvalue weighted by molar-refractivity contribution is 7.92. The van der Waals surface area contributed by atoms with E-state index in [1.54, 1.807) is 21.0 Å². The van der Waals surface area contributed by atoms with Gasteiger partial charge in [-0.05, 0) is 32.4 Å². The molecule has 1 aliphatic rings. The van der Waals surface area contributed by atoms with Crippen LogP contribution < -0.4 is 15.0 Å². The summed E-state index contributed by atoms with van der Waals surface area (Å²) < 4.78 is 28.2.